The van der Waals surface area contributed by atoms with Gasteiger partial charge in [-0.1, -0.05) is 24.3 Å². The molecular formula is C22H20N4O3. The molecule has 1 aromatic heterocycles. The first-order chi connectivity index (χ1) is 14.1. The van der Waals surface area contributed by atoms with Crippen LogP contribution < -0.4 is 15.5 Å². The molecule has 0 atom stereocenters. The number of rotatable bonds is 7. The number of aryl methyl sites for hydroxylation is 1. The third kappa shape index (κ3) is 6.00. The van der Waals surface area contributed by atoms with Gasteiger partial charge >= 0.3 is 0 Å². The maximum Gasteiger partial charge on any atom is 0.289 e. The zero-order chi connectivity index (χ0) is 20.5. The highest BCUT2D eigenvalue weighted by atomic mass is 16.5. The molecule has 0 radical (unpaired) electrons. The second-order valence-corrected chi connectivity index (χ2v) is 6.13. The molecule has 146 valence electrons. The van der Waals surface area contributed by atoms with Gasteiger partial charge in [-0.05, 0) is 60.5 Å². The molecule has 7 nitrogen and oxygen atoms in total. The van der Waals surface area contributed by atoms with Gasteiger partial charge in [-0.3, -0.25) is 14.6 Å². The zero-order valence-electron chi connectivity index (χ0n) is 15.8. The van der Waals surface area contributed by atoms with Crippen LogP contribution in [0, 0.1) is 6.92 Å². The van der Waals surface area contributed by atoms with Crippen LogP contribution in [0.2, 0.25) is 0 Å². The minimum Gasteiger partial charge on any atom is -0.484 e. The summed E-state index contributed by atoms with van der Waals surface area (Å²) in [4.78, 5) is 27.8. The van der Waals surface area contributed by atoms with E-state index in [9.17, 15) is 9.59 Å². The Morgan fingerprint density at radius 2 is 1.79 bits per heavy atom. The van der Waals surface area contributed by atoms with Gasteiger partial charge in [0.05, 0.1) is 6.21 Å². The van der Waals surface area contributed by atoms with Gasteiger partial charge in [-0.2, -0.15) is 5.10 Å². The predicted octanol–water partition coefficient (Wildman–Crippen LogP) is 3.17. The molecule has 0 aliphatic rings. The minimum atomic E-state index is -0.388. The van der Waals surface area contributed by atoms with E-state index in [4.69, 9.17) is 4.74 Å². The van der Waals surface area contributed by atoms with E-state index in [0.717, 1.165) is 16.8 Å². The Bertz CT molecular complexity index is 1000. The largest absolute Gasteiger partial charge is 0.484 e. The molecule has 3 rings (SSSR count). The molecule has 2 amide bonds. The van der Waals surface area contributed by atoms with Crippen LogP contribution in [0.25, 0.3) is 0 Å². The highest BCUT2D eigenvalue weighted by Crippen LogP contribution is 2.14. The molecular weight excluding hydrogens is 368 g/mol. The molecule has 0 saturated heterocycles. The second-order valence-electron chi connectivity index (χ2n) is 6.13. The predicted molar refractivity (Wildman–Crippen MR) is 111 cm³/mol. The number of hydrogen-bond donors (Lipinski definition) is 2. The number of hydrazone groups is 1. The molecule has 0 bridgehead atoms. The quantitative estimate of drug-likeness (QED) is 0.480. The number of pyridine rings is 1. The van der Waals surface area contributed by atoms with E-state index in [1.165, 1.54) is 6.21 Å². The molecule has 3 aromatic rings. The number of amides is 2. The Hall–Kier alpha value is -4.00. The van der Waals surface area contributed by atoms with E-state index in [-0.39, 0.29) is 24.1 Å². The van der Waals surface area contributed by atoms with E-state index in [2.05, 4.69) is 20.8 Å². The van der Waals surface area contributed by atoms with Crippen LogP contribution in [0.4, 0.5) is 5.69 Å². The summed E-state index contributed by atoms with van der Waals surface area (Å²) in [7, 11) is 0. The van der Waals surface area contributed by atoms with Crippen molar-refractivity contribution in [3.63, 3.8) is 0 Å². The van der Waals surface area contributed by atoms with Crippen LogP contribution in [0.5, 0.6) is 5.75 Å². The summed E-state index contributed by atoms with van der Waals surface area (Å²) in [6, 6.07) is 19.6. The van der Waals surface area contributed by atoms with Gasteiger partial charge in [-0.15, -0.1) is 0 Å². The van der Waals surface area contributed by atoms with Gasteiger partial charge in [0.2, 0.25) is 0 Å². The molecule has 1 heterocycles. The number of para-hydroxylation sites is 1. The number of hydrogen-bond acceptors (Lipinski definition) is 5. The van der Waals surface area contributed by atoms with Crippen molar-refractivity contribution in [3.8, 4) is 5.75 Å². The third-order valence-corrected chi connectivity index (χ3v) is 3.95. The van der Waals surface area contributed by atoms with Gasteiger partial charge < -0.3 is 10.1 Å². The first-order valence-corrected chi connectivity index (χ1v) is 8.94. The SMILES string of the molecule is Cc1ccccc1NC(=O)COc1ccc(/C=N\NC(=O)c2ccccn2)cc1. The summed E-state index contributed by atoms with van der Waals surface area (Å²) < 4.78 is 5.50. The van der Waals surface area contributed by atoms with Crippen molar-refractivity contribution in [1.82, 2.24) is 10.4 Å². The highest BCUT2D eigenvalue weighted by Gasteiger charge is 2.06. The normalized spacial score (nSPS) is 10.5. The van der Waals surface area contributed by atoms with E-state index in [1.54, 1.807) is 48.7 Å². The zero-order valence-corrected chi connectivity index (χ0v) is 15.8. The number of aromatic nitrogens is 1. The molecule has 7 heteroatoms. The summed E-state index contributed by atoms with van der Waals surface area (Å²) in [5.74, 6) is -0.0664. The lowest BCUT2D eigenvalue weighted by molar-refractivity contribution is -0.118. The Morgan fingerprint density at radius 3 is 2.52 bits per heavy atom. The topological polar surface area (TPSA) is 92.7 Å². The number of ether oxygens (including phenoxy) is 1. The Morgan fingerprint density at radius 1 is 1.03 bits per heavy atom. The van der Waals surface area contributed by atoms with Crippen molar-refractivity contribution >= 4 is 23.7 Å². The Kier molecular flexibility index (Phi) is 6.67. The van der Waals surface area contributed by atoms with Crippen LogP contribution in [-0.4, -0.2) is 29.6 Å². The molecule has 0 saturated carbocycles. The fraction of sp³-hybridized carbons (Fsp3) is 0.0909. The summed E-state index contributed by atoms with van der Waals surface area (Å²) in [6.07, 6.45) is 3.05. The molecule has 0 unspecified atom stereocenters. The van der Waals surface area contributed by atoms with Gasteiger partial charge in [0.15, 0.2) is 6.61 Å². The van der Waals surface area contributed by atoms with E-state index in [0.29, 0.717) is 5.75 Å². The van der Waals surface area contributed by atoms with Gasteiger partial charge in [0, 0.05) is 11.9 Å². The summed E-state index contributed by atoms with van der Waals surface area (Å²) in [6.45, 7) is 1.83. The van der Waals surface area contributed by atoms with E-state index in [1.807, 2.05) is 31.2 Å². The first kappa shape index (κ1) is 19.8. The number of anilines is 1. The Labute approximate surface area is 168 Å². The number of carbonyl (C=O) groups is 2. The van der Waals surface area contributed by atoms with Crippen molar-refractivity contribution in [2.45, 2.75) is 6.92 Å². The smallest absolute Gasteiger partial charge is 0.289 e. The maximum atomic E-state index is 12.0. The van der Waals surface area contributed by atoms with Gasteiger partial charge in [0.1, 0.15) is 11.4 Å². The van der Waals surface area contributed by atoms with E-state index < -0.39 is 0 Å². The summed E-state index contributed by atoms with van der Waals surface area (Å²) >= 11 is 0. The number of benzene rings is 2. The van der Waals surface area contributed by atoms with Crippen molar-refractivity contribution < 1.29 is 14.3 Å². The molecule has 0 aliphatic carbocycles. The van der Waals surface area contributed by atoms with Gasteiger partial charge in [-0.25, -0.2) is 5.43 Å². The van der Waals surface area contributed by atoms with Crippen molar-refractivity contribution in [2.24, 2.45) is 5.10 Å². The minimum absolute atomic E-state index is 0.0953. The van der Waals surface area contributed by atoms with Crippen LogP contribution in [0.3, 0.4) is 0 Å². The lowest BCUT2D eigenvalue weighted by atomic mass is 10.2. The molecule has 0 aliphatic heterocycles. The monoisotopic (exact) mass is 388 g/mol. The number of nitrogens with zero attached hydrogens (tertiary/aromatic N) is 2. The highest BCUT2D eigenvalue weighted by molar-refractivity contribution is 5.93. The number of carbonyl (C=O) groups excluding carboxylic acids is 2. The molecule has 0 spiro atoms. The lowest BCUT2D eigenvalue weighted by Crippen LogP contribution is -2.20. The first-order valence-electron chi connectivity index (χ1n) is 8.94. The Balaban J connectivity index is 1.46. The fourth-order valence-corrected chi connectivity index (χ4v) is 2.42. The third-order valence-electron chi connectivity index (χ3n) is 3.95. The van der Waals surface area contributed by atoms with Crippen molar-refractivity contribution in [2.75, 3.05) is 11.9 Å². The molecule has 2 aromatic carbocycles. The van der Waals surface area contributed by atoms with Crippen molar-refractivity contribution in [3.05, 3.63) is 89.7 Å². The van der Waals surface area contributed by atoms with E-state index >= 15 is 0 Å². The fourth-order valence-electron chi connectivity index (χ4n) is 2.42. The van der Waals surface area contributed by atoms with Crippen LogP contribution in [0.1, 0.15) is 21.6 Å². The standard InChI is InChI=1S/C22H20N4O3/c1-16-6-2-3-7-19(16)25-21(27)15-29-18-11-9-17(10-12-18)14-24-26-22(28)20-8-4-5-13-23-20/h2-14H,15H2,1H3,(H,25,27)(H,26,28)/b24-14-. The second kappa shape index (κ2) is 9.80. The molecule has 2 N–H and O–H groups in total. The number of nitrogens with one attached hydrogen (secondary N) is 2. The van der Waals surface area contributed by atoms with Crippen molar-refractivity contribution in [1.29, 1.82) is 0 Å². The van der Waals surface area contributed by atoms with Crippen LogP contribution >= 0.6 is 0 Å². The molecule has 0 fully saturated rings. The van der Waals surface area contributed by atoms with Gasteiger partial charge in [0.25, 0.3) is 11.8 Å². The lowest BCUT2D eigenvalue weighted by Gasteiger charge is -2.09. The van der Waals surface area contributed by atoms with Crippen LogP contribution in [0.15, 0.2) is 78.0 Å². The molecule has 29 heavy (non-hydrogen) atoms. The average molecular weight is 388 g/mol. The maximum absolute atomic E-state index is 12.0. The average Bonchev–Trinajstić information content (AvgIpc) is 2.75. The van der Waals surface area contributed by atoms with Crippen LogP contribution in [-0.2, 0) is 4.79 Å². The summed E-state index contributed by atoms with van der Waals surface area (Å²) in [5, 5.41) is 6.72. The summed E-state index contributed by atoms with van der Waals surface area (Å²) in [5.41, 5.74) is 5.22.